The lowest BCUT2D eigenvalue weighted by Gasteiger charge is -2.11. The number of ether oxygens (including phenoxy) is 1. The highest BCUT2D eigenvalue weighted by Crippen LogP contribution is 2.45. The monoisotopic (exact) mass is 281 g/mol. The van der Waals surface area contributed by atoms with Crippen molar-refractivity contribution in [2.45, 2.75) is 19.3 Å². The molecular weight excluding hydrogens is 265 g/mol. The Hall–Kier alpha value is -2.11. The topological polar surface area (TPSA) is 75.6 Å². The maximum Gasteiger partial charge on any atom is 0.311 e. The molecule has 6 heteroatoms. The molecule has 1 aromatic rings. The Bertz CT molecular complexity index is 514. The minimum absolute atomic E-state index is 0.0485. The predicted octanol–water partition coefficient (Wildman–Crippen LogP) is 1.58. The fourth-order valence-corrected chi connectivity index (χ4v) is 1.79. The molecule has 2 N–H and O–H groups in total. The van der Waals surface area contributed by atoms with Crippen molar-refractivity contribution in [1.82, 2.24) is 5.32 Å². The van der Waals surface area contributed by atoms with Crippen molar-refractivity contribution in [3.8, 4) is 5.75 Å². The lowest BCUT2D eigenvalue weighted by Crippen LogP contribution is -2.34. The van der Waals surface area contributed by atoms with Crippen LogP contribution in [0.2, 0.25) is 0 Å². The third-order valence-electron chi connectivity index (χ3n) is 3.35. The van der Waals surface area contributed by atoms with Crippen LogP contribution >= 0.6 is 0 Å². The van der Waals surface area contributed by atoms with Gasteiger partial charge < -0.3 is 15.2 Å². The number of hydrogen-bond donors (Lipinski definition) is 2. The molecule has 0 aromatic heterocycles. The Morgan fingerprint density at radius 2 is 2.05 bits per heavy atom. The third-order valence-corrected chi connectivity index (χ3v) is 3.35. The molecule has 1 fully saturated rings. The van der Waals surface area contributed by atoms with Crippen LogP contribution in [0, 0.1) is 11.2 Å². The largest absolute Gasteiger partial charge is 0.490 e. The Labute approximate surface area is 115 Å². The molecule has 0 saturated heterocycles. The summed E-state index contributed by atoms with van der Waals surface area (Å²) in [6.45, 7) is 0.188. The first-order valence-corrected chi connectivity index (χ1v) is 6.41. The number of para-hydroxylation sites is 1. The van der Waals surface area contributed by atoms with Gasteiger partial charge in [-0.3, -0.25) is 9.59 Å². The van der Waals surface area contributed by atoms with Gasteiger partial charge in [-0.15, -0.1) is 0 Å². The van der Waals surface area contributed by atoms with Gasteiger partial charge in [-0.05, 0) is 25.0 Å². The highest BCUT2D eigenvalue weighted by molar-refractivity contribution is 5.80. The van der Waals surface area contributed by atoms with Gasteiger partial charge in [0.15, 0.2) is 11.6 Å². The summed E-state index contributed by atoms with van der Waals surface area (Å²) in [7, 11) is 0. The van der Waals surface area contributed by atoms with E-state index in [4.69, 9.17) is 9.84 Å². The molecule has 0 unspecified atom stereocenters. The van der Waals surface area contributed by atoms with Crippen molar-refractivity contribution in [2.24, 2.45) is 5.41 Å². The van der Waals surface area contributed by atoms with E-state index in [0.29, 0.717) is 12.8 Å². The summed E-state index contributed by atoms with van der Waals surface area (Å²) >= 11 is 0. The summed E-state index contributed by atoms with van der Waals surface area (Å²) in [5.41, 5.74) is -0.776. The second kappa shape index (κ2) is 5.90. The van der Waals surface area contributed by atoms with Crippen molar-refractivity contribution in [3.05, 3.63) is 30.1 Å². The molecule has 1 amide bonds. The standard InChI is InChI=1S/C14H16FNO4/c15-10-3-1-2-4-11(10)20-8-5-12(17)16-9-14(6-7-14)13(18)19/h1-4H,5-9H2,(H,16,17)(H,18,19). The highest BCUT2D eigenvalue weighted by Gasteiger charge is 2.50. The molecule has 0 aliphatic heterocycles. The van der Waals surface area contributed by atoms with E-state index in [1.807, 2.05) is 0 Å². The molecule has 1 aliphatic rings. The minimum Gasteiger partial charge on any atom is -0.490 e. The smallest absolute Gasteiger partial charge is 0.311 e. The Balaban J connectivity index is 1.68. The molecule has 1 aromatic carbocycles. The number of hydrogen-bond acceptors (Lipinski definition) is 3. The van der Waals surface area contributed by atoms with E-state index in [-0.39, 0.29) is 31.2 Å². The normalized spacial score (nSPS) is 15.4. The van der Waals surface area contributed by atoms with Crippen molar-refractivity contribution in [1.29, 1.82) is 0 Å². The summed E-state index contributed by atoms with van der Waals surface area (Å²) in [6.07, 6.45) is 1.24. The van der Waals surface area contributed by atoms with Crippen LogP contribution in [0.5, 0.6) is 5.75 Å². The maximum absolute atomic E-state index is 13.2. The Morgan fingerprint density at radius 3 is 2.65 bits per heavy atom. The first-order chi connectivity index (χ1) is 9.53. The molecule has 5 nitrogen and oxygen atoms in total. The number of nitrogens with one attached hydrogen (secondary N) is 1. The van der Waals surface area contributed by atoms with Gasteiger partial charge in [0.05, 0.1) is 18.4 Å². The van der Waals surface area contributed by atoms with Crippen LogP contribution in [-0.2, 0) is 9.59 Å². The Kier molecular flexibility index (Phi) is 4.22. The van der Waals surface area contributed by atoms with E-state index in [0.717, 1.165) is 0 Å². The second-order valence-corrected chi connectivity index (χ2v) is 4.89. The number of carboxylic acid groups (broad SMARTS) is 1. The van der Waals surface area contributed by atoms with Gasteiger partial charge in [0.1, 0.15) is 0 Å². The summed E-state index contributed by atoms with van der Waals surface area (Å²) in [6, 6.07) is 5.95. The van der Waals surface area contributed by atoms with Crippen molar-refractivity contribution >= 4 is 11.9 Å². The third kappa shape index (κ3) is 3.46. The van der Waals surface area contributed by atoms with E-state index in [1.165, 1.54) is 12.1 Å². The van der Waals surface area contributed by atoms with Gasteiger partial charge in [-0.2, -0.15) is 0 Å². The number of amides is 1. The SMILES string of the molecule is O=C(CCOc1ccccc1F)NCC1(C(=O)O)CC1. The predicted molar refractivity (Wildman–Crippen MR) is 68.8 cm³/mol. The lowest BCUT2D eigenvalue weighted by molar-refractivity contribution is -0.143. The van der Waals surface area contributed by atoms with Crippen LogP contribution in [0.1, 0.15) is 19.3 Å². The summed E-state index contributed by atoms with van der Waals surface area (Å²) < 4.78 is 18.4. The molecule has 1 saturated carbocycles. The minimum atomic E-state index is -0.875. The molecular formula is C14H16FNO4. The van der Waals surface area contributed by atoms with E-state index >= 15 is 0 Å². The maximum atomic E-state index is 13.2. The fraction of sp³-hybridized carbons (Fsp3) is 0.429. The zero-order valence-electron chi connectivity index (χ0n) is 10.9. The lowest BCUT2D eigenvalue weighted by atomic mass is 10.1. The molecule has 108 valence electrons. The first-order valence-electron chi connectivity index (χ1n) is 6.41. The number of carbonyl (C=O) groups is 2. The van der Waals surface area contributed by atoms with Crippen LogP contribution in [-0.4, -0.2) is 30.1 Å². The molecule has 0 heterocycles. The molecule has 2 rings (SSSR count). The number of benzene rings is 1. The van der Waals surface area contributed by atoms with Gasteiger partial charge in [0, 0.05) is 6.54 Å². The molecule has 0 bridgehead atoms. The quantitative estimate of drug-likeness (QED) is 0.795. The van der Waals surface area contributed by atoms with E-state index in [2.05, 4.69) is 5.32 Å². The van der Waals surface area contributed by atoms with E-state index in [9.17, 15) is 14.0 Å². The van der Waals surface area contributed by atoms with E-state index in [1.54, 1.807) is 12.1 Å². The molecule has 1 aliphatic carbocycles. The highest BCUT2D eigenvalue weighted by atomic mass is 19.1. The summed E-state index contributed by atoms with van der Waals surface area (Å²) in [5.74, 6) is -1.55. The van der Waals surface area contributed by atoms with Crippen molar-refractivity contribution in [2.75, 3.05) is 13.2 Å². The number of carboxylic acids is 1. The zero-order valence-corrected chi connectivity index (χ0v) is 10.9. The number of halogens is 1. The first kappa shape index (κ1) is 14.3. The Morgan fingerprint density at radius 1 is 1.35 bits per heavy atom. The van der Waals surface area contributed by atoms with Gasteiger partial charge in [0.2, 0.25) is 5.91 Å². The zero-order chi connectivity index (χ0) is 14.6. The van der Waals surface area contributed by atoms with Gasteiger partial charge in [0.25, 0.3) is 0 Å². The molecule has 0 atom stereocenters. The van der Waals surface area contributed by atoms with Crippen LogP contribution in [0.4, 0.5) is 4.39 Å². The number of aliphatic carboxylic acids is 1. The van der Waals surface area contributed by atoms with Crippen LogP contribution in [0.3, 0.4) is 0 Å². The number of carbonyl (C=O) groups excluding carboxylic acids is 1. The molecule has 20 heavy (non-hydrogen) atoms. The summed E-state index contributed by atoms with van der Waals surface area (Å²) in [5, 5.41) is 11.5. The molecule has 0 radical (unpaired) electrons. The summed E-state index contributed by atoms with van der Waals surface area (Å²) in [4.78, 5) is 22.5. The van der Waals surface area contributed by atoms with Crippen molar-refractivity contribution < 1.29 is 23.8 Å². The molecule has 0 spiro atoms. The van der Waals surface area contributed by atoms with Gasteiger partial charge in [-0.1, -0.05) is 12.1 Å². The van der Waals surface area contributed by atoms with Gasteiger partial charge >= 0.3 is 5.97 Å². The van der Waals surface area contributed by atoms with Crippen LogP contribution in [0.15, 0.2) is 24.3 Å². The van der Waals surface area contributed by atoms with Crippen LogP contribution in [0.25, 0.3) is 0 Å². The average molecular weight is 281 g/mol. The number of rotatable bonds is 7. The average Bonchev–Trinajstić information content (AvgIpc) is 3.20. The van der Waals surface area contributed by atoms with Crippen LogP contribution < -0.4 is 10.1 Å². The fourth-order valence-electron chi connectivity index (χ4n) is 1.79. The van der Waals surface area contributed by atoms with Gasteiger partial charge in [-0.25, -0.2) is 4.39 Å². The van der Waals surface area contributed by atoms with E-state index < -0.39 is 17.2 Å². The second-order valence-electron chi connectivity index (χ2n) is 4.89. The van der Waals surface area contributed by atoms with Crippen molar-refractivity contribution in [3.63, 3.8) is 0 Å².